The van der Waals surface area contributed by atoms with Gasteiger partial charge in [-0.15, -0.1) is 10.2 Å². The molecule has 12 heteroatoms. The Morgan fingerprint density at radius 3 is 2.46 bits per heavy atom. The number of aryl methyl sites for hydroxylation is 1. The zero-order valence-electron chi connectivity index (χ0n) is 25.9. The molecule has 48 heavy (non-hydrogen) atoms. The van der Waals surface area contributed by atoms with Crippen LogP contribution in [0.15, 0.2) is 101 Å². The first-order valence-corrected chi connectivity index (χ1v) is 17.2. The number of aliphatic hydroxyl groups is 1. The number of thioether (sulfide) groups is 1. The third kappa shape index (κ3) is 7.18. The SMILES string of the molecule is CCOc1cc(C2C(=C(O)c3ccc(OCc4cccc(C)c4)cc3)C(=O)C(=O)N2c2nnc(SCc3ccc(Cl)cc3)s2)ccc1O. The Morgan fingerprint density at radius 2 is 1.73 bits per heavy atom. The highest BCUT2D eigenvalue weighted by atomic mass is 35.5. The molecule has 0 radical (unpaired) electrons. The van der Waals surface area contributed by atoms with Crippen molar-refractivity contribution in [3.8, 4) is 17.2 Å². The van der Waals surface area contributed by atoms with Crippen molar-refractivity contribution in [1.82, 2.24) is 10.2 Å². The molecule has 1 fully saturated rings. The zero-order chi connectivity index (χ0) is 33.8. The fourth-order valence-electron chi connectivity index (χ4n) is 5.23. The van der Waals surface area contributed by atoms with Gasteiger partial charge in [0.2, 0.25) is 5.13 Å². The van der Waals surface area contributed by atoms with Crippen molar-refractivity contribution in [2.24, 2.45) is 0 Å². The van der Waals surface area contributed by atoms with Crippen LogP contribution in [0.5, 0.6) is 17.2 Å². The second-order valence-corrected chi connectivity index (χ2v) is 13.5. The van der Waals surface area contributed by atoms with E-state index in [1.807, 2.05) is 55.5 Å². The molecule has 0 aliphatic carbocycles. The molecule has 1 unspecified atom stereocenters. The van der Waals surface area contributed by atoms with E-state index in [0.29, 0.717) is 38.6 Å². The maximum atomic E-state index is 13.7. The van der Waals surface area contributed by atoms with Gasteiger partial charge in [-0.05, 0) is 79.1 Å². The third-order valence-electron chi connectivity index (χ3n) is 7.54. The molecule has 1 aliphatic heterocycles. The van der Waals surface area contributed by atoms with Crippen LogP contribution in [-0.2, 0) is 21.9 Å². The summed E-state index contributed by atoms with van der Waals surface area (Å²) in [4.78, 5) is 28.6. The number of carbonyl (C=O) groups is 2. The Kier molecular flexibility index (Phi) is 10.00. The van der Waals surface area contributed by atoms with Crippen molar-refractivity contribution < 1.29 is 29.3 Å². The van der Waals surface area contributed by atoms with E-state index in [9.17, 15) is 19.8 Å². The average molecular weight is 700 g/mol. The summed E-state index contributed by atoms with van der Waals surface area (Å²) in [6.07, 6.45) is 0. The molecule has 0 spiro atoms. The van der Waals surface area contributed by atoms with E-state index in [0.717, 1.165) is 28.0 Å². The van der Waals surface area contributed by atoms with E-state index >= 15 is 0 Å². The molecule has 1 aliphatic rings. The monoisotopic (exact) mass is 699 g/mol. The van der Waals surface area contributed by atoms with Gasteiger partial charge in [-0.1, -0.05) is 82.7 Å². The van der Waals surface area contributed by atoms with Crippen LogP contribution in [0.4, 0.5) is 5.13 Å². The summed E-state index contributed by atoms with van der Waals surface area (Å²) in [5.74, 6) is -0.872. The maximum Gasteiger partial charge on any atom is 0.301 e. The number of hydrogen-bond acceptors (Lipinski definition) is 10. The fraction of sp³-hybridized carbons (Fsp3) is 0.167. The minimum atomic E-state index is -1.08. The normalized spacial score (nSPS) is 15.6. The van der Waals surface area contributed by atoms with Gasteiger partial charge in [0.15, 0.2) is 15.8 Å². The summed E-state index contributed by atoms with van der Waals surface area (Å²) in [6, 6.07) is 25.6. The molecular weight excluding hydrogens is 670 g/mol. The Morgan fingerprint density at radius 1 is 0.958 bits per heavy atom. The summed E-state index contributed by atoms with van der Waals surface area (Å²) in [5.41, 5.74) is 3.80. The highest BCUT2D eigenvalue weighted by molar-refractivity contribution is 8.00. The molecule has 1 aromatic heterocycles. The number of carbonyl (C=O) groups excluding carboxylic acids is 2. The number of phenols is 1. The van der Waals surface area contributed by atoms with E-state index in [2.05, 4.69) is 10.2 Å². The van der Waals surface area contributed by atoms with Crippen LogP contribution < -0.4 is 14.4 Å². The molecule has 0 saturated carbocycles. The van der Waals surface area contributed by atoms with Crippen molar-refractivity contribution in [2.75, 3.05) is 11.5 Å². The summed E-state index contributed by atoms with van der Waals surface area (Å²) in [5, 5.41) is 31.4. The number of aliphatic hydroxyl groups excluding tert-OH is 1. The molecule has 9 nitrogen and oxygen atoms in total. The quantitative estimate of drug-likeness (QED) is 0.0463. The maximum absolute atomic E-state index is 13.7. The van der Waals surface area contributed by atoms with Crippen molar-refractivity contribution in [1.29, 1.82) is 0 Å². The number of benzene rings is 4. The minimum absolute atomic E-state index is 0.101. The lowest BCUT2D eigenvalue weighted by Crippen LogP contribution is -2.29. The van der Waals surface area contributed by atoms with E-state index in [1.54, 1.807) is 43.3 Å². The van der Waals surface area contributed by atoms with Crippen LogP contribution in [0.1, 0.15) is 40.8 Å². The largest absolute Gasteiger partial charge is 0.507 e. The van der Waals surface area contributed by atoms with Crippen LogP contribution >= 0.6 is 34.7 Å². The Balaban J connectivity index is 1.33. The summed E-state index contributed by atoms with van der Waals surface area (Å²) >= 11 is 8.59. The van der Waals surface area contributed by atoms with Gasteiger partial charge in [0.05, 0.1) is 18.2 Å². The number of amides is 1. The number of phenolic OH excluding ortho intramolecular Hbond substituents is 1. The first-order valence-electron chi connectivity index (χ1n) is 15.0. The van der Waals surface area contributed by atoms with Gasteiger partial charge in [0.1, 0.15) is 18.1 Å². The van der Waals surface area contributed by atoms with Crippen LogP contribution in [0, 0.1) is 6.92 Å². The molecule has 1 saturated heterocycles. The molecule has 4 aromatic carbocycles. The van der Waals surface area contributed by atoms with Gasteiger partial charge < -0.3 is 19.7 Å². The lowest BCUT2D eigenvalue weighted by Gasteiger charge is -2.23. The van der Waals surface area contributed by atoms with Gasteiger partial charge in [-0.3, -0.25) is 14.5 Å². The summed E-state index contributed by atoms with van der Waals surface area (Å²) in [6.45, 7) is 4.43. The Hall–Kier alpha value is -4.84. The molecule has 2 N–H and O–H groups in total. The van der Waals surface area contributed by atoms with Gasteiger partial charge in [-0.2, -0.15) is 0 Å². The third-order valence-corrected chi connectivity index (χ3v) is 9.92. The predicted molar refractivity (Wildman–Crippen MR) is 187 cm³/mol. The van der Waals surface area contributed by atoms with Gasteiger partial charge in [-0.25, -0.2) is 0 Å². The second-order valence-electron chi connectivity index (χ2n) is 10.9. The van der Waals surface area contributed by atoms with E-state index in [-0.39, 0.29) is 34.6 Å². The van der Waals surface area contributed by atoms with Gasteiger partial charge >= 0.3 is 5.91 Å². The average Bonchev–Trinajstić information content (AvgIpc) is 3.66. The number of Topliss-reactive ketones (excluding diaryl/α,β-unsaturated/α-hetero) is 1. The number of hydrogen-bond donors (Lipinski definition) is 2. The summed E-state index contributed by atoms with van der Waals surface area (Å²) < 4.78 is 12.1. The first kappa shape index (κ1) is 33.1. The minimum Gasteiger partial charge on any atom is -0.507 e. The van der Waals surface area contributed by atoms with Crippen molar-refractivity contribution in [3.05, 3.63) is 129 Å². The van der Waals surface area contributed by atoms with Crippen molar-refractivity contribution in [2.45, 2.75) is 36.6 Å². The number of ketones is 1. The van der Waals surface area contributed by atoms with E-state index in [1.165, 1.54) is 22.7 Å². The second kappa shape index (κ2) is 14.5. The molecular formula is C36H30ClN3O6S2. The number of rotatable bonds is 11. The van der Waals surface area contributed by atoms with Crippen molar-refractivity contribution in [3.63, 3.8) is 0 Å². The first-order chi connectivity index (χ1) is 23.2. The summed E-state index contributed by atoms with van der Waals surface area (Å²) in [7, 11) is 0. The number of halogens is 1. The molecule has 244 valence electrons. The Labute approximate surface area is 290 Å². The molecule has 2 heterocycles. The van der Waals surface area contributed by atoms with Gasteiger partial charge in [0, 0.05) is 16.3 Å². The highest BCUT2D eigenvalue weighted by Gasteiger charge is 2.48. The van der Waals surface area contributed by atoms with Crippen LogP contribution in [0.25, 0.3) is 5.76 Å². The predicted octanol–water partition coefficient (Wildman–Crippen LogP) is 8.10. The molecule has 1 atom stereocenters. The number of ether oxygens (including phenoxy) is 2. The molecule has 5 aromatic rings. The molecule has 6 rings (SSSR count). The Bertz CT molecular complexity index is 2000. The van der Waals surface area contributed by atoms with Crippen LogP contribution in [0.3, 0.4) is 0 Å². The number of aromatic hydroxyl groups is 1. The van der Waals surface area contributed by atoms with E-state index < -0.39 is 17.7 Å². The number of nitrogens with zero attached hydrogens (tertiary/aromatic N) is 3. The van der Waals surface area contributed by atoms with Crippen LogP contribution in [-0.4, -0.2) is 38.7 Å². The topological polar surface area (TPSA) is 122 Å². The fourth-order valence-corrected chi connectivity index (χ4v) is 7.18. The van der Waals surface area contributed by atoms with Gasteiger partial charge in [0.25, 0.3) is 5.78 Å². The lowest BCUT2D eigenvalue weighted by atomic mass is 9.95. The van der Waals surface area contributed by atoms with Crippen LogP contribution in [0.2, 0.25) is 5.02 Å². The molecule has 0 bridgehead atoms. The molecule has 1 amide bonds. The standard InChI is InChI=1S/C36H30ClN3O6S2/c1-3-45-29-18-25(11-16-28(29)41)31-30(32(42)24-9-14-27(15-10-24)46-19-23-6-4-5-21(2)17-23)33(43)34(44)40(31)35-38-39-36(48-35)47-20-22-7-12-26(37)13-8-22/h4-18,31,41-42H,3,19-20H2,1-2H3. The lowest BCUT2D eigenvalue weighted by molar-refractivity contribution is -0.132. The smallest absolute Gasteiger partial charge is 0.301 e. The number of aromatic nitrogens is 2. The number of anilines is 1. The van der Waals surface area contributed by atoms with E-state index in [4.69, 9.17) is 21.1 Å². The highest BCUT2D eigenvalue weighted by Crippen LogP contribution is 2.45. The zero-order valence-corrected chi connectivity index (χ0v) is 28.3. The van der Waals surface area contributed by atoms with Crippen molar-refractivity contribution >= 4 is 57.3 Å².